The fourth-order valence-corrected chi connectivity index (χ4v) is 4.49. The van der Waals surface area contributed by atoms with Crippen LogP contribution in [0.15, 0.2) is 51.8 Å². The summed E-state index contributed by atoms with van der Waals surface area (Å²) in [5.74, 6) is -0.258. The van der Waals surface area contributed by atoms with Gasteiger partial charge in [-0.1, -0.05) is 32.0 Å². The van der Waals surface area contributed by atoms with Crippen molar-refractivity contribution in [3.8, 4) is 0 Å². The Hall–Kier alpha value is -1.90. The molecule has 1 amide bonds. The van der Waals surface area contributed by atoms with E-state index in [1.165, 1.54) is 10.4 Å². The van der Waals surface area contributed by atoms with Crippen LogP contribution in [0, 0.1) is 6.92 Å². The van der Waals surface area contributed by atoms with Crippen LogP contribution in [0.4, 0.5) is 11.4 Å². The fraction of sp³-hybridized carbons (Fsp3) is 0.316. The highest BCUT2D eigenvalue weighted by atomic mass is 79.9. The van der Waals surface area contributed by atoms with Crippen molar-refractivity contribution >= 4 is 43.2 Å². The number of nitrogens with one attached hydrogen (secondary N) is 2. The van der Waals surface area contributed by atoms with Crippen LogP contribution in [0.25, 0.3) is 0 Å². The molecule has 0 saturated heterocycles. The standard InChI is InChI=1S/C19H24BrN3O3S/c1-4-23(5-2)27(25,26)15-11-10-14(3)18(12-15)22-19(24)13-21-17-9-7-6-8-16(17)20/h6-12,21H,4-5,13H2,1-3H3,(H,22,24). The van der Waals surface area contributed by atoms with Crippen LogP contribution in [-0.2, 0) is 14.8 Å². The summed E-state index contributed by atoms with van der Waals surface area (Å²) >= 11 is 3.42. The number of hydrogen-bond acceptors (Lipinski definition) is 4. The highest BCUT2D eigenvalue weighted by Gasteiger charge is 2.22. The van der Waals surface area contributed by atoms with E-state index in [9.17, 15) is 13.2 Å². The second kappa shape index (κ2) is 9.34. The van der Waals surface area contributed by atoms with Gasteiger partial charge in [0.05, 0.1) is 11.4 Å². The number of para-hydroxylation sites is 1. The Kier molecular flexibility index (Phi) is 7.41. The molecule has 0 bridgehead atoms. The molecule has 0 aromatic heterocycles. The predicted octanol–water partition coefficient (Wildman–Crippen LogP) is 3.84. The van der Waals surface area contributed by atoms with Gasteiger partial charge < -0.3 is 10.6 Å². The number of sulfonamides is 1. The van der Waals surface area contributed by atoms with Gasteiger partial charge in [-0.25, -0.2) is 8.42 Å². The first-order chi connectivity index (χ1) is 12.8. The van der Waals surface area contributed by atoms with E-state index in [1.54, 1.807) is 26.0 Å². The van der Waals surface area contributed by atoms with E-state index in [4.69, 9.17) is 0 Å². The largest absolute Gasteiger partial charge is 0.375 e. The van der Waals surface area contributed by atoms with E-state index >= 15 is 0 Å². The molecule has 0 fully saturated rings. The van der Waals surface area contributed by atoms with E-state index in [2.05, 4.69) is 26.6 Å². The molecule has 2 aromatic carbocycles. The normalized spacial score (nSPS) is 11.4. The molecule has 2 aromatic rings. The van der Waals surface area contributed by atoms with Crippen LogP contribution in [0.5, 0.6) is 0 Å². The summed E-state index contributed by atoms with van der Waals surface area (Å²) < 4.78 is 27.6. The fourth-order valence-electron chi connectivity index (χ4n) is 2.58. The molecule has 0 aliphatic rings. The van der Waals surface area contributed by atoms with Gasteiger partial charge in [0, 0.05) is 28.9 Å². The Morgan fingerprint density at radius 1 is 1.07 bits per heavy atom. The molecule has 0 aliphatic carbocycles. The van der Waals surface area contributed by atoms with Crippen LogP contribution in [-0.4, -0.2) is 38.3 Å². The molecule has 2 rings (SSSR count). The zero-order valence-electron chi connectivity index (χ0n) is 15.6. The molecule has 0 saturated carbocycles. The van der Waals surface area contributed by atoms with Gasteiger partial charge in [-0.05, 0) is 52.7 Å². The SMILES string of the molecule is CCN(CC)S(=O)(=O)c1ccc(C)c(NC(=O)CNc2ccccc2Br)c1. The number of rotatable bonds is 8. The number of hydrogen-bond donors (Lipinski definition) is 2. The Morgan fingerprint density at radius 2 is 1.74 bits per heavy atom. The summed E-state index contributed by atoms with van der Waals surface area (Å²) in [6.07, 6.45) is 0. The van der Waals surface area contributed by atoms with E-state index in [0.717, 1.165) is 15.7 Å². The van der Waals surface area contributed by atoms with Crippen LogP contribution in [0.3, 0.4) is 0 Å². The van der Waals surface area contributed by atoms with E-state index in [1.807, 2.05) is 31.2 Å². The molecule has 8 heteroatoms. The van der Waals surface area contributed by atoms with Crippen molar-refractivity contribution in [1.82, 2.24) is 4.31 Å². The number of halogens is 1. The van der Waals surface area contributed by atoms with Gasteiger partial charge in [-0.3, -0.25) is 4.79 Å². The minimum atomic E-state index is -3.58. The summed E-state index contributed by atoms with van der Waals surface area (Å²) in [7, 11) is -3.58. The highest BCUT2D eigenvalue weighted by molar-refractivity contribution is 9.10. The molecule has 27 heavy (non-hydrogen) atoms. The number of carbonyl (C=O) groups is 1. The zero-order chi connectivity index (χ0) is 20.0. The molecule has 146 valence electrons. The summed E-state index contributed by atoms with van der Waals surface area (Å²) in [5, 5.41) is 5.84. The van der Waals surface area contributed by atoms with Crippen LogP contribution in [0.1, 0.15) is 19.4 Å². The molecule has 0 spiro atoms. The number of anilines is 2. The highest BCUT2D eigenvalue weighted by Crippen LogP contribution is 2.24. The van der Waals surface area contributed by atoms with Crippen molar-refractivity contribution in [3.63, 3.8) is 0 Å². The lowest BCUT2D eigenvalue weighted by molar-refractivity contribution is -0.114. The van der Waals surface area contributed by atoms with E-state index in [-0.39, 0.29) is 17.3 Å². The summed E-state index contributed by atoms with van der Waals surface area (Å²) in [6.45, 7) is 6.27. The third-order valence-corrected chi connectivity index (χ3v) is 6.88. The first-order valence-electron chi connectivity index (χ1n) is 8.68. The molecule has 0 unspecified atom stereocenters. The number of benzene rings is 2. The van der Waals surface area contributed by atoms with Crippen molar-refractivity contribution in [1.29, 1.82) is 0 Å². The summed E-state index contributed by atoms with van der Waals surface area (Å²) in [6, 6.07) is 12.3. The van der Waals surface area contributed by atoms with Crippen molar-refractivity contribution < 1.29 is 13.2 Å². The smallest absolute Gasteiger partial charge is 0.243 e. The van der Waals surface area contributed by atoms with Crippen LogP contribution >= 0.6 is 15.9 Å². The van der Waals surface area contributed by atoms with Crippen LogP contribution in [0.2, 0.25) is 0 Å². The van der Waals surface area contributed by atoms with Crippen molar-refractivity contribution in [2.24, 2.45) is 0 Å². The number of amides is 1. The van der Waals surface area contributed by atoms with Crippen molar-refractivity contribution in [3.05, 3.63) is 52.5 Å². The predicted molar refractivity (Wildman–Crippen MR) is 113 cm³/mol. The lowest BCUT2D eigenvalue weighted by Gasteiger charge is -2.19. The maximum absolute atomic E-state index is 12.7. The van der Waals surface area contributed by atoms with E-state index < -0.39 is 10.0 Å². The summed E-state index contributed by atoms with van der Waals surface area (Å²) in [4.78, 5) is 12.5. The van der Waals surface area contributed by atoms with Crippen molar-refractivity contribution in [2.45, 2.75) is 25.7 Å². The first-order valence-corrected chi connectivity index (χ1v) is 10.9. The Balaban J connectivity index is 2.14. The summed E-state index contributed by atoms with van der Waals surface area (Å²) in [5.41, 5.74) is 2.09. The molecule has 0 aliphatic heterocycles. The molecule has 6 nitrogen and oxygen atoms in total. The van der Waals surface area contributed by atoms with Gasteiger partial charge >= 0.3 is 0 Å². The van der Waals surface area contributed by atoms with Gasteiger partial charge in [0.15, 0.2) is 0 Å². The molecule has 2 N–H and O–H groups in total. The quantitative estimate of drug-likeness (QED) is 0.636. The second-order valence-electron chi connectivity index (χ2n) is 5.95. The van der Waals surface area contributed by atoms with Gasteiger partial charge in [0.1, 0.15) is 0 Å². The number of carbonyl (C=O) groups excluding carboxylic acids is 1. The average molecular weight is 454 g/mol. The number of nitrogens with zero attached hydrogens (tertiary/aromatic N) is 1. The number of aryl methyl sites for hydroxylation is 1. The van der Waals surface area contributed by atoms with Gasteiger partial charge in [0.25, 0.3) is 0 Å². The van der Waals surface area contributed by atoms with Gasteiger partial charge in [0.2, 0.25) is 15.9 Å². The van der Waals surface area contributed by atoms with Crippen molar-refractivity contribution in [2.75, 3.05) is 30.3 Å². The maximum atomic E-state index is 12.7. The Labute approximate surface area is 169 Å². The topological polar surface area (TPSA) is 78.5 Å². The first kappa shape index (κ1) is 21.4. The molecular formula is C19H24BrN3O3S. The van der Waals surface area contributed by atoms with E-state index in [0.29, 0.717) is 18.8 Å². The Morgan fingerprint density at radius 3 is 2.37 bits per heavy atom. The molecule has 0 radical (unpaired) electrons. The lowest BCUT2D eigenvalue weighted by Crippen LogP contribution is -2.30. The lowest BCUT2D eigenvalue weighted by atomic mass is 10.2. The third-order valence-electron chi connectivity index (χ3n) is 4.14. The van der Waals surface area contributed by atoms with Gasteiger partial charge in [-0.2, -0.15) is 4.31 Å². The maximum Gasteiger partial charge on any atom is 0.243 e. The minimum absolute atomic E-state index is 0.0646. The van der Waals surface area contributed by atoms with Gasteiger partial charge in [-0.15, -0.1) is 0 Å². The molecular weight excluding hydrogens is 430 g/mol. The molecule has 0 heterocycles. The monoisotopic (exact) mass is 453 g/mol. The second-order valence-corrected chi connectivity index (χ2v) is 8.74. The zero-order valence-corrected chi connectivity index (χ0v) is 18.0. The Bertz CT molecular complexity index is 912. The minimum Gasteiger partial charge on any atom is -0.375 e. The molecule has 0 atom stereocenters. The van der Waals surface area contributed by atoms with Crippen LogP contribution < -0.4 is 10.6 Å². The average Bonchev–Trinajstić information content (AvgIpc) is 2.63. The third kappa shape index (κ3) is 5.31.